The SMILES string of the molecule is CC1(C)CCN(c2ccc(C#N)cc2)CC1. The van der Waals surface area contributed by atoms with Crippen molar-refractivity contribution in [3.8, 4) is 6.07 Å². The van der Waals surface area contributed by atoms with E-state index in [2.05, 4.69) is 36.9 Å². The first-order valence-electron chi connectivity index (χ1n) is 5.86. The lowest BCUT2D eigenvalue weighted by molar-refractivity contribution is 0.280. The van der Waals surface area contributed by atoms with E-state index >= 15 is 0 Å². The molecule has 1 aromatic rings. The van der Waals surface area contributed by atoms with Gasteiger partial charge in [-0.05, 0) is 42.5 Å². The van der Waals surface area contributed by atoms with Crippen LogP contribution in [0.4, 0.5) is 5.69 Å². The first-order chi connectivity index (χ1) is 7.61. The van der Waals surface area contributed by atoms with E-state index in [0.29, 0.717) is 5.41 Å². The Bertz CT molecular complexity index is 388. The second-order valence-corrected chi connectivity index (χ2v) is 5.31. The minimum atomic E-state index is 0.489. The largest absolute Gasteiger partial charge is 0.371 e. The quantitative estimate of drug-likeness (QED) is 0.718. The van der Waals surface area contributed by atoms with Crippen LogP contribution in [0.1, 0.15) is 32.3 Å². The van der Waals surface area contributed by atoms with Crippen LogP contribution in [-0.2, 0) is 0 Å². The molecule has 0 aliphatic carbocycles. The summed E-state index contributed by atoms with van der Waals surface area (Å²) in [4.78, 5) is 2.41. The predicted molar refractivity (Wildman–Crippen MR) is 66.4 cm³/mol. The summed E-state index contributed by atoms with van der Waals surface area (Å²) < 4.78 is 0. The third kappa shape index (κ3) is 2.36. The van der Waals surface area contributed by atoms with Crippen molar-refractivity contribution in [1.82, 2.24) is 0 Å². The van der Waals surface area contributed by atoms with Crippen LogP contribution in [0.25, 0.3) is 0 Å². The fourth-order valence-corrected chi connectivity index (χ4v) is 2.12. The fraction of sp³-hybridized carbons (Fsp3) is 0.500. The van der Waals surface area contributed by atoms with Crippen LogP contribution in [0.2, 0.25) is 0 Å². The van der Waals surface area contributed by atoms with Gasteiger partial charge in [0, 0.05) is 18.8 Å². The van der Waals surface area contributed by atoms with Gasteiger partial charge in [0.25, 0.3) is 0 Å². The van der Waals surface area contributed by atoms with Gasteiger partial charge in [0.2, 0.25) is 0 Å². The highest BCUT2D eigenvalue weighted by Crippen LogP contribution is 2.32. The highest BCUT2D eigenvalue weighted by molar-refractivity contribution is 5.50. The maximum Gasteiger partial charge on any atom is 0.0991 e. The average molecular weight is 214 g/mol. The molecule has 0 N–H and O–H groups in total. The standard InChI is InChI=1S/C14H18N2/c1-14(2)7-9-16(10-8-14)13-5-3-12(11-15)4-6-13/h3-6H,7-10H2,1-2H3. The molecule has 1 heterocycles. The molecule has 0 aromatic heterocycles. The predicted octanol–water partition coefficient (Wildman–Crippen LogP) is 3.18. The summed E-state index contributed by atoms with van der Waals surface area (Å²) in [5.41, 5.74) is 2.47. The zero-order chi connectivity index (χ0) is 11.6. The van der Waals surface area contributed by atoms with E-state index in [1.165, 1.54) is 18.5 Å². The van der Waals surface area contributed by atoms with E-state index < -0.39 is 0 Å². The summed E-state index contributed by atoms with van der Waals surface area (Å²) in [5.74, 6) is 0. The van der Waals surface area contributed by atoms with Crippen LogP contribution < -0.4 is 4.90 Å². The number of piperidine rings is 1. The van der Waals surface area contributed by atoms with E-state index in [4.69, 9.17) is 5.26 Å². The molecule has 1 fully saturated rings. The van der Waals surface area contributed by atoms with Gasteiger partial charge in [0.15, 0.2) is 0 Å². The van der Waals surface area contributed by atoms with E-state index in [1.807, 2.05) is 12.1 Å². The Morgan fingerprint density at radius 1 is 1.12 bits per heavy atom. The van der Waals surface area contributed by atoms with Crippen molar-refractivity contribution >= 4 is 5.69 Å². The number of anilines is 1. The van der Waals surface area contributed by atoms with Crippen LogP contribution in [0.3, 0.4) is 0 Å². The number of nitrogens with zero attached hydrogens (tertiary/aromatic N) is 2. The van der Waals surface area contributed by atoms with E-state index in [-0.39, 0.29) is 0 Å². The third-order valence-electron chi connectivity index (χ3n) is 3.48. The second-order valence-electron chi connectivity index (χ2n) is 5.31. The number of hydrogen-bond acceptors (Lipinski definition) is 2. The van der Waals surface area contributed by atoms with Gasteiger partial charge in [0.1, 0.15) is 0 Å². The van der Waals surface area contributed by atoms with Crippen molar-refractivity contribution in [2.45, 2.75) is 26.7 Å². The molecule has 0 saturated carbocycles. The summed E-state index contributed by atoms with van der Waals surface area (Å²) in [5, 5.41) is 8.74. The van der Waals surface area contributed by atoms with Gasteiger partial charge in [-0.3, -0.25) is 0 Å². The van der Waals surface area contributed by atoms with E-state index in [0.717, 1.165) is 18.7 Å². The molecule has 0 radical (unpaired) electrons. The summed E-state index contributed by atoms with van der Waals surface area (Å²) in [7, 11) is 0. The first kappa shape index (κ1) is 11.0. The van der Waals surface area contributed by atoms with Gasteiger partial charge in [-0.15, -0.1) is 0 Å². The van der Waals surface area contributed by atoms with Gasteiger partial charge >= 0.3 is 0 Å². The Labute approximate surface area is 97.5 Å². The summed E-state index contributed by atoms with van der Waals surface area (Å²) in [6.07, 6.45) is 2.49. The lowest BCUT2D eigenvalue weighted by Crippen LogP contribution is -2.37. The molecule has 0 bridgehead atoms. The van der Waals surface area contributed by atoms with Gasteiger partial charge in [0.05, 0.1) is 11.6 Å². The van der Waals surface area contributed by atoms with Gasteiger partial charge in [-0.25, -0.2) is 0 Å². The lowest BCUT2D eigenvalue weighted by Gasteiger charge is -2.38. The van der Waals surface area contributed by atoms with Gasteiger partial charge in [-0.1, -0.05) is 13.8 Å². The van der Waals surface area contributed by atoms with Crippen LogP contribution >= 0.6 is 0 Å². The summed E-state index contributed by atoms with van der Waals surface area (Å²) in [6.45, 7) is 6.92. The molecule has 84 valence electrons. The molecule has 0 atom stereocenters. The van der Waals surface area contributed by atoms with Crippen LogP contribution in [0, 0.1) is 16.7 Å². The van der Waals surface area contributed by atoms with Crippen LogP contribution in [0.15, 0.2) is 24.3 Å². The molecule has 0 spiro atoms. The van der Waals surface area contributed by atoms with Gasteiger partial charge in [-0.2, -0.15) is 5.26 Å². The Kier molecular flexibility index (Phi) is 2.87. The molecule has 2 heteroatoms. The Hall–Kier alpha value is -1.49. The monoisotopic (exact) mass is 214 g/mol. The molecule has 1 aliphatic rings. The van der Waals surface area contributed by atoms with Crippen molar-refractivity contribution in [2.24, 2.45) is 5.41 Å². The third-order valence-corrected chi connectivity index (χ3v) is 3.48. The van der Waals surface area contributed by atoms with Crippen molar-refractivity contribution in [3.63, 3.8) is 0 Å². The number of hydrogen-bond donors (Lipinski definition) is 0. The molecule has 0 unspecified atom stereocenters. The Balaban J connectivity index is 2.06. The molecule has 1 saturated heterocycles. The molecule has 2 rings (SSSR count). The Morgan fingerprint density at radius 2 is 1.69 bits per heavy atom. The topological polar surface area (TPSA) is 27.0 Å². The molecule has 16 heavy (non-hydrogen) atoms. The highest BCUT2D eigenvalue weighted by Gasteiger charge is 2.25. The first-order valence-corrected chi connectivity index (χ1v) is 5.86. The number of benzene rings is 1. The normalized spacial score (nSPS) is 19.2. The van der Waals surface area contributed by atoms with E-state index in [9.17, 15) is 0 Å². The highest BCUT2D eigenvalue weighted by atomic mass is 15.1. The molecule has 0 amide bonds. The summed E-state index contributed by atoms with van der Waals surface area (Å²) in [6, 6.07) is 10.1. The molecule has 1 aliphatic heterocycles. The van der Waals surface area contributed by atoms with Crippen molar-refractivity contribution in [3.05, 3.63) is 29.8 Å². The van der Waals surface area contributed by atoms with Crippen LogP contribution in [0.5, 0.6) is 0 Å². The Morgan fingerprint density at radius 3 is 2.19 bits per heavy atom. The number of rotatable bonds is 1. The molecule has 2 nitrogen and oxygen atoms in total. The second kappa shape index (κ2) is 4.17. The molecular formula is C14H18N2. The maximum absolute atomic E-state index is 8.74. The minimum Gasteiger partial charge on any atom is -0.371 e. The van der Waals surface area contributed by atoms with Crippen LogP contribution in [-0.4, -0.2) is 13.1 Å². The van der Waals surface area contributed by atoms with E-state index in [1.54, 1.807) is 0 Å². The fourth-order valence-electron chi connectivity index (χ4n) is 2.12. The maximum atomic E-state index is 8.74. The summed E-state index contributed by atoms with van der Waals surface area (Å²) >= 11 is 0. The van der Waals surface area contributed by atoms with Gasteiger partial charge < -0.3 is 4.90 Å². The average Bonchev–Trinajstić information content (AvgIpc) is 2.29. The zero-order valence-electron chi connectivity index (χ0n) is 10.0. The molecular weight excluding hydrogens is 196 g/mol. The lowest BCUT2D eigenvalue weighted by atomic mass is 9.82. The zero-order valence-corrected chi connectivity index (χ0v) is 10.0. The van der Waals surface area contributed by atoms with Crippen molar-refractivity contribution in [1.29, 1.82) is 5.26 Å². The number of nitriles is 1. The van der Waals surface area contributed by atoms with Crippen molar-refractivity contribution in [2.75, 3.05) is 18.0 Å². The van der Waals surface area contributed by atoms with Crippen molar-refractivity contribution < 1.29 is 0 Å². The minimum absolute atomic E-state index is 0.489. The smallest absolute Gasteiger partial charge is 0.0991 e. The molecule has 1 aromatic carbocycles.